The van der Waals surface area contributed by atoms with Crippen molar-refractivity contribution in [2.75, 3.05) is 0 Å². The van der Waals surface area contributed by atoms with Crippen molar-refractivity contribution in [3.05, 3.63) is 34.9 Å². The molecule has 88 valence electrons. The van der Waals surface area contributed by atoms with Crippen LogP contribution in [0.3, 0.4) is 0 Å². The molecule has 0 aliphatic rings. The molecule has 1 rings (SSSR count). The van der Waals surface area contributed by atoms with Gasteiger partial charge in [-0.1, -0.05) is 30.7 Å². The van der Waals surface area contributed by atoms with Gasteiger partial charge in [-0.15, -0.1) is 0 Å². The van der Waals surface area contributed by atoms with E-state index >= 15 is 0 Å². The first-order valence-corrected chi connectivity index (χ1v) is 5.56. The van der Waals surface area contributed by atoms with Crippen molar-refractivity contribution in [2.45, 2.75) is 31.8 Å². The average molecular weight is 243 g/mol. The van der Waals surface area contributed by atoms with Gasteiger partial charge in [0.1, 0.15) is 0 Å². The lowest BCUT2D eigenvalue weighted by Crippen LogP contribution is -2.25. The maximum atomic E-state index is 10.5. The Hall–Kier alpha value is -1.06. The number of aliphatic hydroxyl groups is 1. The van der Waals surface area contributed by atoms with Crippen LogP contribution in [0.25, 0.3) is 0 Å². The molecule has 16 heavy (non-hydrogen) atoms. The van der Waals surface area contributed by atoms with Crippen LogP contribution < -0.4 is 0 Å². The Morgan fingerprint density at radius 3 is 2.38 bits per heavy atom. The highest BCUT2D eigenvalue weighted by Crippen LogP contribution is 2.30. The second kappa shape index (κ2) is 5.32. The van der Waals surface area contributed by atoms with Gasteiger partial charge >= 0.3 is 5.97 Å². The monoisotopic (exact) mass is 242 g/mol. The number of aliphatic carboxylic acids is 1. The summed E-state index contributed by atoms with van der Waals surface area (Å²) in [6, 6.07) is 6.85. The van der Waals surface area contributed by atoms with Crippen molar-refractivity contribution in [3.63, 3.8) is 0 Å². The molecule has 0 saturated carbocycles. The first-order valence-electron chi connectivity index (χ1n) is 5.18. The topological polar surface area (TPSA) is 57.5 Å². The fraction of sp³-hybridized carbons (Fsp3) is 0.417. The van der Waals surface area contributed by atoms with Crippen LogP contribution in [0.15, 0.2) is 24.3 Å². The van der Waals surface area contributed by atoms with E-state index in [1.807, 2.05) is 6.92 Å². The number of hydrogen-bond acceptors (Lipinski definition) is 2. The average Bonchev–Trinajstić information content (AvgIpc) is 2.27. The molecule has 0 radical (unpaired) electrons. The fourth-order valence-electron chi connectivity index (χ4n) is 1.60. The molecule has 0 fully saturated rings. The predicted octanol–water partition coefficient (Wildman–Crippen LogP) is 2.80. The van der Waals surface area contributed by atoms with E-state index in [-0.39, 0.29) is 12.8 Å². The molecule has 1 aromatic carbocycles. The Labute approximate surface area is 99.7 Å². The summed E-state index contributed by atoms with van der Waals surface area (Å²) in [6.07, 6.45) is 0.634. The molecule has 0 spiro atoms. The van der Waals surface area contributed by atoms with E-state index in [0.717, 1.165) is 0 Å². The molecule has 1 aromatic rings. The highest BCUT2D eigenvalue weighted by molar-refractivity contribution is 6.30. The molecule has 0 aromatic heterocycles. The minimum atomic E-state index is -1.08. The van der Waals surface area contributed by atoms with Crippen LogP contribution in [-0.2, 0) is 10.4 Å². The summed E-state index contributed by atoms with van der Waals surface area (Å²) >= 11 is 5.76. The third kappa shape index (κ3) is 3.22. The molecule has 0 saturated heterocycles. The molecule has 3 nitrogen and oxygen atoms in total. The van der Waals surface area contributed by atoms with Crippen LogP contribution >= 0.6 is 11.6 Å². The van der Waals surface area contributed by atoms with Crippen molar-refractivity contribution in [1.82, 2.24) is 0 Å². The van der Waals surface area contributed by atoms with Gasteiger partial charge in [-0.25, -0.2) is 0 Å². The second-order valence-electron chi connectivity index (χ2n) is 3.79. The molecule has 4 heteroatoms. The van der Waals surface area contributed by atoms with E-state index in [1.54, 1.807) is 24.3 Å². The van der Waals surface area contributed by atoms with Crippen LogP contribution in [-0.4, -0.2) is 16.2 Å². The minimum absolute atomic E-state index is 0.0486. The molecule has 0 amide bonds. The summed E-state index contributed by atoms with van der Waals surface area (Å²) < 4.78 is 0. The van der Waals surface area contributed by atoms with Crippen molar-refractivity contribution < 1.29 is 15.0 Å². The van der Waals surface area contributed by atoms with E-state index in [0.29, 0.717) is 17.0 Å². The number of carbonyl (C=O) groups is 1. The van der Waals surface area contributed by atoms with Crippen LogP contribution in [0.4, 0.5) is 0 Å². The number of rotatable bonds is 5. The van der Waals surface area contributed by atoms with Gasteiger partial charge in [0, 0.05) is 11.4 Å². The Morgan fingerprint density at radius 1 is 1.38 bits per heavy atom. The quantitative estimate of drug-likeness (QED) is 0.835. The summed E-state index contributed by atoms with van der Waals surface area (Å²) in [5.41, 5.74) is -0.371. The first kappa shape index (κ1) is 13.0. The number of halogens is 1. The molecule has 0 aliphatic carbocycles. The van der Waals surface area contributed by atoms with E-state index in [1.165, 1.54) is 0 Å². The van der Waals surface area contributed by atoms with E-state index < -0.39 is 11.6 Å². The van der Waals surface area contributed by atoms with Crippen LogP contribution in [0, 0.1) is 0 Å². The van der Waals surface area contributed by atoms with Crippen LogP contribution in [0.2, 0.25) is 5.02 Å². The van der Waals surface area contributed by atoms with Crippen molar-refractivity contribution in [3.8, 4) is 0 Å². The molecule has 1 atom stereocenters. The highest BCUT2D eigenvalue weighted by Gasteiger charge is 2.27. The summed E-state index contributed by atoms with van der Waals surface area (Å²) in [7, 11) is 0. The second-order valence-corrected chi connectivity index (χ2v) is 4.22. The Morgan fingerprint density at radius 2 is 1.94 bits per heavy atom. The molecule has 2 N–H and O–H groups in total. The van der Waals surface area contributed by atoms with Gasteiger partial charge in [0.25, 0.3) is 0 Å². The molecular formula is C12H15ClO3. The van der Waals surface area contributed by atoms with Crippen molar-refractivity contribution in [2.24, 2.45) is 0 Å². The zero-order chi connectivity index (χ0) is 12.2. The van der Waals surface area contributed by atoms with Gasteiger partial charge in [0.05, 0.1) is 5.60 Å². The molecule has 0 bridgehead atoms. The van der Waals surface area contributed by atoms with Gasteiger partial charge < -0.3 is 10.2 Å². The summed E-state index contributed by atoms with van der Waals surface area (Å²) in [4.78, 5) is 10.5. The maximum absolute atomic E-state index is 10.5. The SMILES string of the molecule is CCC(O)(CCC(=O)O)c1ccc(Cl)cc1. The zero-order valence-electron chi connectivity index (χ0n) is 9.11. The van der Waals surface area contributed by atoms with Gasteiger partial charge in [0.2, 0.25) is 0 Å². The van der Waals surface area contributed by atoms with E-state index in [4.69, 9.17) is 16.7 Å². The molecule has 0 heterocycles. The molecule has 0 aliphatic heterocycles. The summed E-state index contributed by atoms with van der Waals surface area (Å²) in [5, 5.41) is 19.6. The lowest BCUT2D eigenvalue weighted by atomic mass is 9.87. The number of hydrogen-bond donors (Lipinski definition) is 2. The predicted molar refractivity (Wildman–Crippen MR) is 62.5 cm³/mol. The number of benzene rings is 1. The van der Waals surface area contributed by atoms with Gasteiger partial charge in [-0.2, -0.15) is 0 Å². The summed E-state index contributed by atoms with van der Waals surface area (Å²) in [6.45, 7) is 1.83. The Balaban J connectivity index is 2.86. The Bertz CT molecular complexity index is 361. The Kier molecular flexibility index (Phi) is 4.33. The normalized spacial score (nSPS) is 14.4. The lowest BCUT2D eigenvalue weighted by molar-refractivity contribution is -0.138. The first-order chi connectivity index (χ1) is 7.48. The third-order valence-corrected chi connectivity index (χ3v) is 2.97. The van der Waals surface area contributed by atoms with Gasteiger partial charge in [-0.05, 0) is 30.5 Å². The molecule has 1 unspecified atom stereocenters. The fourth-order valence-corrected chi connectivity index (χ4v) is 1.73. The van der Waals surface area contributed by atoms with E-state index in [2.05, 4.69) is 0 Å². The third-order valence-electron chi connectivity index (χ3n) is 2.72. The highest BCUT2D eigenvalue weighted by atomic mass is 35.5. The van der Waals surface area contributed by atoms with Crippen LogP contribution in [0.5, 0.6) is 0 Å². The zero-order valence-corrected chi connectivity index (χ0v) is 9.87. The largest absolute Gasteiger partial charge is 0.481 e. The maximum Gasteiger partial charge on any atom is 0.303 e. The molecular weight excluding hydrogens is 228 g/mol. The van der Waals surface area contributed by atoms with Crippen LogP contribution in [0.1, 0.15) is 31.7 Å². The van der Waals surface area contributed by atoms with E-state index in [9.17, 15) is 9.90 Å². The van der Waals surface area contributed by atoms with Crippen molar-refractivity contribution >= 4 is 17.6 Å². The lowest BCUT2D eigenvalue weighted by Gasteiger charge is -2.26. The number of carboxylic acid groups (broad SMARTS) is 1. The van der Waals surface area contributed by atoms with Crippen molar-refractivity contribution in [1.29, 1.82) is 0 Å². The number of carboxylic acids is 1. The summed E-state index contributed by atoms with van der Waals surface area (Å²) in [5.74, 6) is -0.902. The van der Waals surface area contributed by atoms with Gasteiger partial charge in [-0.3, -0.25) is 4.79 Å². The smallest absolute Gasteiger partial charge is 0.303 e. The minimum Gasteiger partial charge on any atom is -0.481 e. The standard InChI is InChI=1S/C12H15ClO3/c1-2-12(16,8-7-11(14)15)9-3-5-10(13)6-4-9/h3-6,16H,2,7-8H2,1H3,(H,14,15). The van der Waals surface area contributed by atoms with Gasteiger partial charge in [0.15, 0.2) is 0 Å².